The highest BCUT2D eigenvalue weighted by atomic mass is 19.1. The normalized spacial score (nSPS) is 25.8. The summed E-state index contributed by atoms with van der Waals surface area (Å²) in [5.41, 5.74) is 7.47. The number of aromatic nitrogens is 2. The number of nitrogens with zero attached hydrogens (tertiary/aromatic N) is 5. The largest absolute Gasteiger partial charge is 0.356 e. The van der Waals surface area contributed by atoms with E-state index in [0.29, 0.717) is 6.42 Å². The molecular weight excluding hydrogens is 393 g/mol. The van der Waals surface area contributed by atoms with Crippen molar-refractivity contribution < 1.29 is 13.9 Å². The molecule has 160 valence electrons. The van der Waals surface area contributed by atoms with Crippen LogP contribution in [0.1, 0.15) is 32.1 Å². The molecule has 0 spiro atoms. The molecule has 0 N–H and O–H groups in total. The van der Waals surface area contributed by atoms with Gasteiger partial charge in [0.2, 0.25) is 0 Å². The van der Waals surface area contributed by atoms with Crippen molar-refractivity contribution in [2.75, 3.05) is 6.67 Å². The Kier molecular flexibility index (Phi) is 6.71. The van der Waals surface area contributed by atoms with E-state index in [1.165, 1.54) is 12.3 Å². The number of benzene rings is 1. The second kappa shape index (κ2) is 9.25. The molecule has 1 aromatic carbocycles. The Morgan fingerprint density at radius 2 is 2.03 bits per heavy atom. The standard InChI is InChI=1S/C20H24FN5O4/c1-3-20(12-21)14(2)17(23-24-22)18(30-20)25-10-9-16(27)26(19(25)28)13-29-11-15-7-5-4-6-8-15/h4-10,14,17-18H,3,11-13H2,1-2H3/t14-,17-,18+,20-/m0/s1. The zero-order chi connectivity index (χ0) is 21.7. The lowest BCUT2D eigenvalue weighted by atomic mass is 9.85. The SMILES string of the molecule is CC[C@@]1(CF)O[C@@H](n2ccc(=O)n(COCc3ccccc3)c2=O)[C@@H](N=[N+]=[N-])[C@@H]1C. The van der Waals surface area contributed by atoms with Gasteiger partial charge in [0.15, 0.2) is 0 Å². The topological polar surface area (TPSA) is 111 Å². The van der Waals surface area contributed by atoms with Gasteiger partial charge in [-0.2, -0.15) is 0 Å². The number of hydrogen-bond acceptors (Lipinski definition) is 5. The summed E-state index contributed by atoms with van der Waals surface area (Å²) in [6, 6.07) is 9.73. The first-order chi connectivity index (χ1) is 14.5. The summed E-state index contributed by atoms with van der Waals surface area (Å²) >= 11 is 0. The summed E-state index contributed by atoms with van der Waals surface area (Å²) < 4.78 is 27.4. The number of halogens is 1. The highest BCUT2D eigenvalue weighted by Gasteiger charge is 2.52. The van der Waals surface area contributed by atoms with E-state index in [1.807, 2.05) is 30.3 Å². The second-order valence-electron chi connectivity index (χ2n) is 7.28. The molecule has 10 heteroatoms. The van der Waals surface area contributed by atoms with Gasteiger partial charge in [-0.1, -0.05) is 49.3 Å². The first-order valence-corrected chi connectivity index (χ1v) is 9.69. The van der Waals surface area contributed by atoms with Crippen LogP contribution in [0.15, 0.2) is 57.3 Å². The number of alkyl halides is 1. The molecule has 1 aliphatic heterocycles. The van der Waals surface area contributed by atoms with Gasteiger partial charge in [0.1, 0.15) is 25.2 Å². The molecule has 1 aromatic heterocycles. The van der Waals surface area contributed by atoms with Gasteiger partial charge >= 0.3 is 5.69 Å². The van der Waals surface area contributed by atoms with Crippen LogP contribution in [0, 0.1) is 5.92 Å². The van der Waals surface area contributed by atoms with Crippen LogP contribution in [0.3, 0.4) is 0 Å². The first-order valence-electron chi connectivity index (χ1n) is 9.69. The van der Waals surface area contributed by atoms with Crippen LogP contribution in [0.4, 0.5) is 4.39 Å². The van der Waals surface area contributed by atoms with Crippen LogP contribution >= 0.6 is 0 Å². The molecule has 30 heavy (non-hydrogen) atoms. The molecule has 0 bridgehead atoms. The monoisotopic (exact) mass is 417 g/mol. The van der Waals surface area contributed by atoms with E-state index in [9.17, 15) is 14.0 Å². The summed E-state index contributed by atoms with van der Waals surface area (Å²) in [6.07, 6.45) is 0.590. The summed E-state index contributed by atoms with van der Waals surface area (Å²) in [7, 11) is 0. The van der Waals surface area contributed by atoms with E-state index >= 15 is 0 Å². The number of azide groups is 1. The summed E-state index contributed by atoms with van der Waals surface area (Å²) in [5, 5.41) is 3.76. The molecule has 0 amide bonds. The van der Waals surface area contributed by atoms with E-state index in [-0.39, 0.29) is 13.3 Å². The molecule has 9 nitrogen and oxygen atoms in total. The minimum absolute atomic E-state index is 0.223. The smallest absolute Gasteiger partial charge is 0.335 e. The van der Waals surface area contributed by atoms with Crippen LogP contribution < -0.4 is 11.2 Å². The Morgan fingerprint density at radius 1 is 1.30 bits per heavy atom. The van der Waals surface area contributed by atoms with E-state index in [0.717, 1.165) is 14.7 Å². The van der Waals surface area contributed by atoms with Gasteiger partial charge in [-0.05, 0) is 17.5 Å². The molecule has 0 saturated carbocycles. The van der Waals surface area contributed by atoms with Crippen molar-refractivity contribution in [1.82, 2.24) is 9.13 Å². The predicted octanol–water partition coefficient (Wildman–Crippen LogP) is 3.15. The third kappa shape index (κ3) is 4.02. The Labute approximate surface area is 172 Å². The molecule has 2 heterocycles. The Hall–Kier alpha value is -2.94. The molecule has 0 radical (unpaired) electrons. The fourth-order valence-corrected chi connectivity index (χ4v) is 3.74. The van der Waals surface area contributed by atoms with Gasteiger partial charge in [-0.3, -0.25) is 9.36 Å². The zero-order valence-corrected chi connectivity index (χ0v) is 16.8. The van der Waals surface area contributed by atoms with Gasteiger partial charge in [0.05, 0.1) is 12.6 Å². The van der Waals surface area contributed by atoms with E-state index in [2.05, 4.69) is 10.0 Å². The van der Waals surface area contributed by atoms with Crippen molar-refractivity contribution in [3.63, 3.8) is 0 Å². The fraction of sp³-hybridized carbons (Fsp3) is 0.500. The summed E-state index contributed by atoms with van der Waals surface area (Å²) in [5.74, 6) is -0.463. The molecule has 1 fully saturated rings. The molecule has 4 atom stereocenters. The zero-order valence-electron chi connectivity index (χ0n) is 16.8. The van der Waals surface area contributed by atoms with Crippen molar-refractivity contribution in [2.24, 2.45) is 11.0 Å². The van der Waals surface area contributed by atoms with Crippen LogP contribution in [-0.2, 0) is 22.8 Å². The van der Waals surface area contributed by atoms with Crippen LogP contribution in [0.25, 0.3) is 10.4 Å². The van der Waals surface area contributed by atoms with Gasteiger partial charge in [0.25, 0.3) is 5.56 Å². The van der Waals surface area contributed by atoms with Gasteiger partial charge < -0.3 is 9.47 Å². The van der Waals surface area contributed by atoms with Crippen LogP contribution in [0.5, 0.6) is 0 Å². The molecule has 2 aromatic rings. The quantitative estimate of drug-likeness (QED) is 0.373. The third-order valence-corrected chi connectivity index (χ3v) is 5.70. The number of rotatable bonds is 8. The van der Waals surface area contributed by atoms with Gasteiger partial charge in [0, 0.05) is 23.1 Å². The van der Waals surface area contributed by atoms with Crippen molar-refractivity contribution in [3.05, 3.63) is 79.4 Å². The summed E-state index contributed by atoms with van der Waals surface area (Å²) in [6.45, 7) is 2.68. The maximum absolute atomic E-state index is 13.9. The molecule has 1 aliphatic rings. The van der Waals surface area contributed by atoms with Crippen LogP contribution in [0.2, 0.25) is 0 Å². The lowest BCUT2D eigenvalue weighted by Crippen LogP contribution is -2.42. The Balaban J connectivity index is 1.90. The first kappa shape index (κ1) is 21.8. The minimum atomic E-state index is -1.17. The van der Waals surface area contributed by atoms with E-state index in [1.54, 1.807) is 13.8 Å². The average Bonchev–Trinajstić information content (AvgIpc) is 3.04. The lowest BCUT2D eigenvalue weighted by molar-refractivity contribution is -0.0998. The van der Waals surface area contributed by atoms with E-state index < -0.39 is 41.7 Å². The van der Waals surface area contributed by atoms with Crippen molar-refractivity contribution >= 4 is 0 Å². The lowest BCUT2D eigenvalue weighted by Gasteiger charge is -2.28. The van der Waals surface area contributed by atoms with E-state index in [4.69, 9.17) is 15.0 Å². The minimum Gasteiger partial charge on any atom is -0.356 e. The van der Waals surface area contributed by atoms with Gasteiger partial charge in [-0.25, -0.2) is 13.8 Å². The fourth-order valence-electron chi connectivity index (χ4n) is 3.74. The molecule has 3 rings (SSSR count). The van der Waals surface area contributed by atoms with Crippen molar-refractivity contribution in [3.8, 4) is 0 Å². The van der Waals surface area contributed by atoms with Gasteiger partial charge in [-0.15, -0.1) is 0 Å². The highest BCUT2D eigenvalue weighted by Crippen LogP contribution is 2.45. The number of ether oxygens (including phenoxy) is 2. The second-order valence-corrected chi connectivity index (χ2v) is 7.28. The maximum Gasteiger partial charge on any atom is 0.335 e. The summed E-state index contributed by atoms with van der Waals surface area (Å²) in [4.78, 5) is 28.1. The molecule has 0 unspecified atom stereocenters. The van der Waals surface area contributed by atoms with Crippen molar-refractivity contribution in [2.45, 2.75) is 51.5 Å². The molecule has 1 saturated heterocycles. The number of hydrogen-bond donors (Lipinski definition) is 0. The molecule has 0 aliphatic carbocycles. The third-order valence-electron chi connectivity index (χ3n) is 5.70. The van der Waals surface area contributed by atoms with Crippen LogP contribution in [-0.4, -0.2) is 27.5 Å². The maximum atomic E-state index is 13.9. The highest BCUT2D eigenvalue weighted by molar-refractivity contribution is 5.13. The Morgan fingerprint density at radius 3 is 2.67 bits per heavy atom. The van der Waals surface area contributed by atoms with Crippen molar-refractivity contribution in [1.29, 1.82) is 0 Å². The molecular formula is C20H24FN5O4. The Bertz CT molecular complexity index is 1030. The average molecular weight is 417 g/mol. The predicted molar refractivity (Wildman–Crippen MR) is 107 cm³/mol.